The summed E-state index contributed by atoms with van der Waals surface area (Å²) in [5.74, 6) is 0.478. The number of nitrogens with two attached hydrogens (primary N) is 1. The molecule has 21 heavy (non-hydrogen) atoms. The van der Waals surface area contributed by atoms with Crippen LogP contribution < -0.4 is 11.4 Å². The van der Waals surface area contributed by atoms with Crippen molar-refractivity contribution in [3.63, 3.8) is 0 Å². The van der Waals surface area contributed by atoms with E-state index >= 15 is 0 Å². The molecular weight excluding hydrogens is 308 g/mol. The fourth-order valence-electron chi connectivity index (χ4n) is 2.29. The Kier molecular flexibility index (Phi) is 4.55. The predicted octanol–water partition coefficient (Wildman–Crippen LogP) is 3.49. The molecule has 0 aliphatic heterocycles. The number of amidine groups is 1. The number of halogens is 1. The SMILES string of the molecule is Cl.N=C(N)SCc1cc(=O)oc2ccc3ccccc3c12. The largest absolute Gasteiger partial charge is 0.423 e. The lowest BCUT2D eigenvalue weighted by Gasteiger charge is -2.08. The highest BCUT2D eigenvalue weighted by molar-refractivity contribution is 8.13. The van der Waals surface area contributed by atoms with Gasteiger partial charge >= 0.3 is 5.63 Å². The van der Waals surface area contributed by atoms with Crippen LogP contribution in [0.1, 0.15) is 5.56 Å². The number of nitrogens with one attached hydrogen (secondary N) is 1. The van der Waals surface area contributed by atoms with Crippen LogP contribution in [0.25, 0.3) is 21.7 Å². The zero-order valence-corrected chi connectivity index (χ0v) is 12.6. The van der Waals surface area contributed by atoms with Crippen molar-refractivity contribution in [1.82, 2.24) is 0 Å². The Labute approximate surface area is 131 Å². The molecule has 2 aromatic carbocycles. The average Bonchev–Trinajstić information content (AvgIpc) is 2.44. The topological polar surface area (TPSA) is 80.1 Å². The van der Waals surface area contributed by atoms with Crippen molar-refractivity contribution in [2.24, 2.45) is 5.73 Å². The molecule has 1 aromatic heterocycles. The lowest BCUT2D eigenvalue weighted by Crippen LogP contribution is -2.06. The van der Waals surface area contributed by atoms with Gasteiger partial charge in [0.15, 0.2) is 5.17 Å². The molecule has 0 fully saturated rings. The van der Waals surface area contributed by atoms with Gasteiger partial charge in [-0.2, -0.15) is 0 Å². The second kappa shape index (κ2) is 6.20. The molecule has 0 aliphatic carbocycles. The zero-order chi connectivity index (χ0) is 14.1. The lowest BCUT2D eigenvalue weighted by atomic mass is 10.0. The van der Waals surface area contributed by atoms with E-state index in [1.54, 1.807) is 6.07 Å². The number of fused-ring (bicyclic) bond motifs is 3. The Bertz CT molecular complexity index is 876. The smallest absolute Gasteiger partial charge is 0.336 e. The number of rotatable bonds is 2. The van der Waals surface area contributed by atoms with E-state index in [1.807, 2.05) is 30.3 Å². The van der Waals surface area contributed by atoms with E-state index in [1.165, 1.54) is 17.8 Å². The molecule has 0 radical (unpaired) electrons. The molecule has 0 amide bonds. The van der Waals surface area contributed by atoms with Crippen LogP contribution in [0.3, 0.4) is 0 Å². The van der Waals surface area contributed by atoms with Crippen LogP contribution in [-0.4, -0.2) is 5.17 Å². The molecule has 0 saturated carbocycles. The molecule has 0 aliphatic rings. The van der Waals surface area contributed by atoms with Crippen molar-refractivity contribution in [3.05, 3.63) is 58.4 Å². The first-order valence-electron chi connectivity index (χ1n) is 6.06. The van der Waals surface area contributed by atoms with Gasteiger partial charge in [-0.05, 0) is 22.4 Å². The number of hydrogen-bond donors (Lipinski definition) is 2. The molecule has 3 rings (SSSR count). The van der Waals surface area contributed by atoms with Gasteiger partial charge < -0.3 is 10.2 Å². The summed E-state index contributed by atoms with van der Waals surface area (Å²) in [7, 11) is 0. The third kappa shape index (κ3) is 3.04. The monoisotopic (exact) mass is 320 g/mol. The van der Waals surface area contributed by atoms with Gasteiger partial charge in [0.1, 0.15) is 5.58 Å². The predicted molar refractivity (Wildman–Crippen MR) is 90.4 cm³/mol. The summed E-state index contributed by atoms with van der Waals surface area (Å²) >= 11 is 1.20. The van der Waals surface area contributed by atoms with E-state index in [0.717, 1.165) is 21.7 Å². The summed E-state index contributed by atoms with van der Waals surface area (Å²) in [4.78, 5) is 11.6. The summed E-state index contributed by atoms with van der Waals surface area (Å²) in [6.07, 6.45) is 0. The summed E-state index contributed by atoms with van der Waals surface area (Å²) < 4.78 is 5.27. The molecular formula is C15H13ClN2O2S. The Morgan fingerprint density at radius 2 is 2.00 bits per heavy atom. The zero-order valence-electron chi connectivity index (χ0n) is 11.0. The van der Waals surface area contributed by atoms with Crippen LogP contribution in [0.5, 0.6) is 0 Å². The molecule has 108 valence electrons. The van der Waals surface area contributed by atoms with Crippen molar-refractivity contribution < 1.29 is 4.42 Å². The van der Waals surface area contributed by atoms with E-state index in [2.05, 4.69) is 0 Å². The van der Waals surface area contributed by atoms with Gasteiger partial charge in [-0.15, -0.1) is 12.4 Å². The first-order chi connectivity index (χ1) is 9.65. The van der Waals surface area contributed by atoms with Crippen molar-refractivity contribution in [2.75, 3.05) is 0 Å². The maximum absolute atomic E-state index is 11.6. The van der Waals surface area contributed by atoms with Gasteiger partial charge in [0.05, 0.1) is 0 Å². The second-order valence-electron chi connectivity index (χ2n) is 4.40. The van der Waals surface area contributed by atoms with Gasteiger partial charge in [0, 0.05) is 17.2 Å². The minimum atomic E-state index is -0.382. The number of thioether (sulfide) groups is 1. The molecule has 6 heteroatoms. The molecule has 3 aromatic rings. The maximum atomic E-state index is 11.6. The Morgan fingerprint density at radius 1 is 1.24 bits per heavy atom. The van der Waals surface area contributed by atoms with E-state index in [9.17, 15) is 4.79 Å². The van der Waals surface area contributed by atoms with Gasteiger partial charge in [-0.1, -0.05) is 42.1 Å². The van der Waals surface area contributed by atoms with Crippen LogP contribution in [0.2, 0.25) is 0 Å². The van der Waals surface area contributed by atoms with E-state index in [0.29, 0.717) is 11.3 Å². The standard InChI is InChI=1S/C15H12N2O2S.ClH/c16-15(17)20-8-10-7-13(18)19-12-6-5-9-3-1-2-4-11(9)14(10)12;/h1-7H,8H2,(H3,16,17);1H. The van der Waals surface area contributed by atoms with Crippen molar-refractivity contribution in [1.29, 1.82) is 5.41 Å². The first kappa shape index (κ1) is 15.4. The summed E-state index contributed by atoms with van der Waals surface area (Å²) in [6.45, 7) is 0. The highest BCUT2D eigenvalue weighted by Gasteiger charge is 2.10. The van der Waals surface area contributed by atoms with Crippen molar-refractivity contribution >= 4 is 51.1 Å². The van der Waals surface area contributed by atoms with Crippen LogP contribution in [0.15, 0.2) is 51.7 Å². The van der Waals surface area contributed by atoms with Crippen LogP contribution >= 0.6 is 24.2 Å². The summed E-state index contributed by atoms with van der Waals surface area (Å²) in [5.41, 5.74) is 6.40. The quantitative estimate of drug-likeness (QED) is 0.328. The maximum Gasteiger partial charge on any atom is 0.336 e. The summed E-state index contributed by atoms with van der Waals surface area (Å²) in [6, 6.07) is 13.2. The van der Waals surface area contributed by atoms with Gasteiger partial charge in [-0.25, -0.2) is 4.79 Å². The Balaban J connectivity index is 0.00000161. The molecule has 3 N–H and O–H groups in total. The van der Waals surface area contributed by atoms with Crippen molar-refractivity contribution in [3.8, 4) is 0 Å². The van der Waals surface area contributed by atoms with Crippen molar-refractivity contribution in [2.45, 2.75) is 5.75 Å². The van der Waals surface area contributed by atoms with E-state index in [-0.39, 0.29) is 23.2 Å². The fraction of sp³-hybridized carbons (Fsp3) is 0.0667. The van der Waals surface area contributed by atoms with Crippen LogP contribution in [0.4, 0.5) is 0 Å². The molecule has 0 saturated heterocycles. The molecule has 4 nitrogen and oxygen atoms in total. The average molecular weight is 321 g/mol. The number of benzene rings is 2. The van der Waals surface area contributed by atoms with Crippen LogP contribution in [-0.2, 0) is 5.75 Å². The normalized spacial score (nSPS) is 10.5. The summed E-state index contributed by atoms with van der Waals surface area (Å²) in [5, 5.41) is 10.4. The van der Waals surface area contributed by atoms with Gasteiger partial charge in [-0.3, -0.25) is 5.41 Å². The van der Waals surface area contributed by atoms with E-state index < -0.39 is 0 Å². The van der Waals surface area contributed by atoms with Gasteiger partial charge in [0.2, 0.25) is 0 Å². The Hall–Kier alpha value is -1.98. The molecule has 0 unspecified atom stereocenters. The fourth-order valence-corrected chi connectivity index (χ4v) is 2.83. The first-order valence-corrected chi connectivity index (χ1v) is 7.05. The third-order valence-corrected chi connectivity index (χ3v) is 3.86. The van der Waals surface area contributed by atoms with Gasteiger partial charge in [0.25, 0.3) is 0 Å². The third-order valence-electron chi connectivity index (χ3n) is 3.10. The molecule has 0 atom stereocenters. The highest BCUT2D eigenvalue weighted by atomic mass is 35.5. The Morgan fingerprint density at radius 3 is 2.76 bits per heavy atom. The lowest BCUT2D eigenvalue weighted by molar-refractivity contribution is 0.560. The minimum Gasteiger partial charge on any atom is -0.423 e. The van der Waals surface area contributed by atoms with E-state index in [4.69, 9.17) is 15.6 Å². The molecule has 1 heterocycles. The minimum absolute atomic E-state index is 0. The highest BCUT2D eigenvalue weighted by Crippen LogP contribution is 2.29. The molecule has 0 spiro atoms. The van der Waals surface area contributed by atoms with Crippen LogP contribution in [0, 0.1) is 5.41 Å². The molecule has 0 bridgehead atoms. The number of hydrogen-bond acceptors (Lipinski definition) is 4. The second-order valence-corrected chi connectivity index (χ2v) is 5.42.